The van der Waals surface area contributed by atoms with Crippen molar-refractivity contribution in [3.8, 4) is 5.75 Å². The maximum Gasteiger partial charge on any atom is 0.243 e. The Hall–Kier alpha value is -1.63. The van der Waals surface area contributed by atoms with Crippen LogP contribution < -0.4 is 4.74 Å². The number of ether oxygens (including phenoxy) is 1. The molecule has 0 aliphatic carbocycles. The van der Waals surface area contributed by atoms with Gasteiger partial charge in [0.2, 0.25) is 10.0 Å². The maximum absolute atomic E-state index is 13.2. The number of benzene rings is 1. The minimum absolute atomic E-state index is 0.0183. The second-order valence-electron chi connectivity index (χ2n) is 7.03. The summed E-state index contributed by atoms with van der Waals surface area (Å²) in [5.41, 5.74) is 0.872. The Morgan fingerprint density at radius 2 is 1.92 bits per heavy atom. The van der Waals surface area contributed by atoms with Gasteiger partial charge in [0, 0.05) is 36.1 Å². The third-order valence-corrected chi connectivity index (χ3v) is 7.69. The highest BCUT2D eigenvalue weighted by Gasteiger charge is 2.47. The molecule has 1 aromatic carbocycles. The number of hydrogen-bond donors (Lipinski definition) is 0. The molecule has 2 atom stereocenters. The first kappa shape index (κ1) is 17.8. The zero-order valence-corrected chi connectivity index (χ0v) is 16.1. The molecule has 0 spiro atoms. The molecule has 3 heterocycles. The number of pyridine rings is 1. The van der Waals surface area contributed by atoms with E-state index in [1.807, 2.05) is 19.1 Å². The molecule has 2 aliphatic heterocycles. The highest BCUT2D eigenvalue weighted by atomic mass is 35.5. The summed E-state index contributed by atoms with van der Waals surface area (Å²) in [6, 6.07) is 8.63. The lowest BCUT2D eigenvalue weighted by Gasteiger charge is -2.37. The van der Waals surface area contributed by atoms with E-state index in [4.69, 9.17) is 16.3 Å². The Morgan fingerprint density at radius 3 is 2.54 bits per heavy atom. The van der Waals surface area contributed by atoms with Crippen LogP contribution in [0, 0.1) is 6.92 Å². The smallest absolute Gasteiger partial charge is 0.243 e. The molecule has 0 amide bonds. The fraction of sp³-hybridized carbons (Fsp3) is 0.421. The van der Waals surface area contributed by atoms with Crippen molar-refractivity contribution in [3.63, 3.8) is 0 Å². The molecule has 2 bridgehead atoms. The summed E-state index contributed by atoms with van der Waals surface area (Å²) in [6.45, 7) is 1.86. The SMILES string of the molecule is Cc1ccc(S(=O)(=O)N2C3CCC2CC(Oc2cccnc2)C3)cc1Cl. The fourth-order valence-corrected chi connectivity index (χ4v) is 6.20. The van der Waals surface area contributed by atoms with E-state index in [-0.39, 0.29) is 23.1 Å². The van der Waals surface area contributed by atoms with Crippen LogP contribution in [-0.2, 0) is 10.0 Å². The minimum Gasteiger partial charge on any atom is -0.489 e. The van der Waals surface area contributed by atoms with Gasteiger partial charge in [-0.3, -0.25) is 4.98 Å². The first-order valence-electron chi connectivity index (χ1n) is 8.81. The molecule has 2 aromatic rings. The van der Waals surface area contributed by atoms with Gasteiger partial charge in [-0.15, -0.1) is 0 Å². The summed E-state index contributed by atoms with van der Waals surface area (Å²) in [6.07, 6.45) is 6.56. The number of nitrogens with zero attached hydrogens (tertiary/aromatic N) is 2. The molecule has 2 aliphatic rings. The Labute approximate surface area is 159 Å². The third-order valence-electron chi connectivity index (χ3n) is 5.28. The Kier molecular flexibility index (Phi) is 4.67. The number of piperidine rings is 1. The molecule has 2 fully saturated rings. The van der Waals surface area contributed by atoms with Gasteiger partial charge in [0.1, 0.15) is 11.9 Å². The van der Waals surface area contributed by atoms with Crippen LogP contribution in [0.4, 0.5) is 0 Å². The number of aryl methyl sites for hydroxylation is 1. The summed E-state index contributed by atoms with van der Waals surface area (Å²) < 4.78 is 34.1. The van der Waals surface area contributed by atoms with E-state index in [9.17, 15) is 8.42 Å². The van der Waals surface area contributed by atoms with Gasteiger partial charge in [-0.1, -0.05) is 17.7 Å². The predicted octanol–water partition coefficient (Wildman–Crippen LogP) is 3.81. The third kappa shape index (κ3) is 3.21. The van der Waals surface area contributed by atoms with Crippen molar-refractivity contribution in [2.24, 2.45) is 0 Å². The molecule has 0 N–H and O–H groups in total. The molecular formula is C19H21ClN2O3S. The van der Waals surface area contributed by atoms with E-state index in [2.05, 4.69) is 4.98 Å². The van der Waals surface area contributed by atoms with Gasteiger partial charge in [-0.25, -0.2) is 8.42 Å². The average Bonchev–Trinajstić information content (AvgIpc) is 2.90. The highest BCUT2D eigenvalue weighted by Crippen LogP contribution is 2.41. The van der Waals surface area contributed by atoms with E-state index >= 15 is 0 Å². The van der Waals surface area contributed by atoms with Gasteiger partial charge in [0.05, 0.1) is 11.1 Å². The number of fused-ring (bicyclic) bond motifs is 2. The lowest BCUT2D eigenvalue weighted by atomic mass is 10.0. The normalized spacial score (nSPS) is 26.0. The fourth-order valence-electron chi connectivity index (χ4n) is 4.04. The summed E-state index contributed by atoms with van der Waals surface area (Å²) in [4.78, 5) is 4.34. The van der Waals surface area contributed by atoms with Crippen molar-refractivity contribution >= 4 is 21.6 Å². The van der Waals surface area contributed by atoms with E-state index in [1.165, 1.54) is 0 Å². The van der Waals surface area contributed by atoms with E-state index in [0.29, 0.717) is 17.9 Å². The summed E-state index contributed by atoms with van der Waals surface area (Å²) >= 11 is 6.15. The van der Waals surface area contributed by atoms with Gasteiger partial charge >= 0.3 is 0 Å². The number of aromatic nitrogens is 1. The van der Waals surface area contributed by atoms with Crippen LogP contribution in [0.5, 0.6) is 5.75 Å². The van der Waals surface area contributed by atoms with Gasteiger partial charge in [-0.2, -0.15) is 4.31 Å². The molecule has 1 aromatic heterocycles. The molecule has 4 rings (SSSR count). The lowest BCUT2D eigenvalue weighted by Crippen LogP contribution is -2.49. The second kappa shape index (κ2) is 6.83. The molecule has 5 nitrogen and oxygen atoms in total. The summed E-state index contributed by atoms with van der Waals surface area (Å²) in [5, 5.41) is 0.480. The van der Waals surface area contributed by atoms with Gasteiger partial charge in [0.15, 0.2) is 0 Å². The number of sulfonamides is 1. The maximum atomic E-state index is 13.2. The summed E-state index contributed by atoms with van der Waals surface area (Å²) in [5.74, 6) is 0.735. The van der Waals surface area contributed by atoms with Crippen molar-refractivity contribution in [2.75, 3.05) is 0 Å². The van der Waals surface area contributed by atoms with E-state index in [1.54, 1.807) is 34.9 Å². The first-order chi connectivity index (χ1) is 12.4. The van der Waals surface area contributed by atoms with Crippen LogP contribution in [-0.4, -0.2) is 35.9 Å². The highest BCUT2D eigenvalue weighted by molar-refractivity contribution is 7.89. The standard InChI is InChI=1S/C19H21ClN2O3S/c1-13-4-7-18(11-19(13)20)26(23,24)22-14-5-6-15(22)10-17(9-14)25-16-3-2-8-21-12-16/h2-4,7-8,11-12,14-15,17H,5-6,9-10H2,1H3. The first-order valence-corrected chi connectivity index (χ1v) is 10.6. The molecule has 138 valence electrons. The average molecular weight is 393 g/mol. The largest absolute Gasteiger partial charge is 0.489 e. The van der Waals surface area contributed by atoms with Crippen molar-refractivity contribution in [3.05, 3.63) is 53.3 Å². The Morgan fingerprint density at radius 1 is 1.19 bits per heavy atom. The van der Waals surface area contributed by atoms with Gasteiger partial charge in [-0.05, 0) is 49.6 Å². The molecule has 2 unspecified atom stereocenters. The molecule has 0 saturated carbocycles. The molecule has 7 heteroatoms. The molecule has 2 saturated heterocycles. The number of hydrogen-bond acceptors (Lipinski definition) is 4. The van der Waals surface area contributed by atoms with Crippen LogP contribution in [0.1, 0.15) is 31.2 Å². The zero-order valence-electron chi connectivity index (χ0n) is 14.5. The van der Waals surface area contributed by atoms with Crippen LogP contribution in [0.2, 0.25) is 5.02 Å². The quantitative estimate of drug-likeness (QED) is 0.793. The minimum atomic E-state index is -3.55. The van der Waals surface area contributed by atoms with Crippen molar-refractivity contribution in [1.82, 2.24) is 9.29 Å². The monoisotopic (exact) mass is 392 g/mol. The van der Waals surface area contributed by atoms with Crippen molar-refractivity contribution < 1.29 is 13.2 Å². The predicted molar refractivity (Wildman–Crippen MR) is 99.9 cm³/mol. The topological polar surface area (TPSA) is 59.5 Å². The number of rotatable bonds is 4. The van der Waals surface area contributed by atoms with Crippen molar-refractivity contribution in [1.29, 1.82) is 0 Å². The zero-order chi connectivity index (χ0) is 18.3. The van der Waals surface area contributed by atoms with Crippen LogP contribution in [0.3, 0.4) is 0 Å². The Balaban J connectivity index is 1.55. The van der Waals surface area contributed by atoms with Gasteiger partial charge in [0.25, 0.3) is 0 Å². The molecule has 0 radical (unpaired) electrons. The Bertz CT molecular complexity index is 890. The number of halogens is 1. The molecule has 26 heavy (non-hydrogen) atoms. The summed E-state index contributed by atoms with van der Waals surface area (Å²) in [7, 11) is -3.55. The van der Waals surface area contributed by atoms with E-state index < -0.39 is 10.0 Å². The van der Waals surface area contributed by atoms with E-state index in [0.717, 1.165) is 24.2 Å². The van der Waals surface area contributed by atoms with Gasteiger partial charge < -0.3 is 4.74 Å². The molecular weight excluding hydrogens is 372 g/mol. The van der Waals surface area contributed by atoms with Crippen molar-refractivity contribution in [2.45, 2.75) is 55.7 Å². The van der Waals surface area contributed by atoms with Crippen LogP contribution in [0.15, 0.2) is 47.6 Å². The second-order valence-corrected chi connectivity index (χ2v) is 9.28. The van der Waals surface area contributed by atoms with Crippen LogP contribution >= 0.6 is 11.6 Å². The van der Waals surface area contributed by atoms with Crippen LogP contribution in [0.25, 0.3) is 0 Å². The lowest BCUT2D eigenvalue weighted by molar-refractivity contribution is 0.0953.